The fraction of sp³-hybridized carbons (Fsp3) is 0.478. The van der Waals surface area contributed by atoms with Crippen LogP contribution >= 0.6 is 0 Å². The Labute approximate surface area is 167 Å². The Morgan fingerprint density at radius 2 is 1.64 bits per heavy atom. The molecular weight excluding hydrogens is 351 g/mol. The molecule has 4 nitrogen and oxygen atoms in total. The van der Waals surface area contributed by atoms with E-state index in [1.165, 1.54) is 22.4 Å². The van der Waals surface area contributed by atoms with Crippen LogP contribution in [0, 0.1) is 34.6 Å². The highest BCUT2D eigenvalue weighted by atomic mass is 19.2. The smallest absolute Gasteiger partial charge is 0.148 e. The van der Waals surface area contributed by atoms with Crippen molar-refractivity contribution in [1.29, 1.82) is 0 Å². The van der Waals surface area contributed by atoms with E-state index in [2.05, 4.69) is 62.5 Å². The zero-order valence-electron chi connectivity index (χ0n) is 17.9. The second-order valence-corrected chi connectivity index (χ2v) is 7.86. The first kappa shape index (κ1) is 20.5. The van der Waals surface area contributed by atoms with Gasteiger partial charge in [-0.2, -0.15) is 0 Å². The maximum Gasteiger partial charge on any atom is 0.148 e. The summed E-state index contributed by atoms with van der Waals surface area (Å²) in [5.41, 5.74) is 7.84. The molecule has 5 heteroatoms. The first-order chi connectivity index (χ1) is 13.3. The molecule has 0 aliphatic heterocycles. The lowest BCUT2D eigenvalue weighted by atomic mass is 10.1. The number of unbranched alkanes of at least 4 members (excludes halogenated alkanes) is 1. The molecule has 0 saturated heterocycles. The molecule has 0 bridgehead atoms. The summed E-state index contributed by atoms with van der Waals surface area (Å²) in [6.45, 7) is 13.3. The van der Waals surface area contributed by atoms with Crippen molar-refractivity contribution in [2.45, 2.75) is 60.8 Å². The van der Waals surface area contributed by atoms with E-state index >= 15 is 0 Å². The van der Waals surface area contributed by atoms with Gasteiger partial charge in [0.1, 0.15) is 11.5 Å². The normalized spacial score (nSPS) is 11.7. The van der Waals surface area contributed by atoms with Gasteiger partial charge in [-0.1, -0.05) is 31.0 Å². The van der Waals surface area contributed by atoms with Crippen LogP contribution in [-0.2, 0) is 6.42 Å². The van der Waals surface area contributed by atoms with Crippen LogP contribution in [0.4, 0.5) is 4.48 Å². The van der Waals surface area contributed by atoms with Crippen molar-refractivity contribution < 1.29 is 4.48 Å². The van der Waals surface area contributed by atoms with Gasteiger partial charge in [0.15, 0.2) is 0 Å². The van der Waals surface area contributed by atoms with Crippen LogP contribution in [0.3, 0.4) is 0 Å². The van der Waals surface area contributed by atoms with Gasteiger partial charge in [0.05, 0.1) is 11.4 Å². The van der Waals surface area contributed by atoms with Gasteiger partial charge < -0.3 is 4.57 Å². The Morgan fingerprint density at radius 1 is 0.964 bits per heavy atom. The van der Waals surface area contributed by atoms with Gasteiger partial charge in [-0.15, -0.1) is 9.60 Å². The zero-order valence-corrected chi connectivity index (χ0v) is 17.9. The molecular formula is C23H31FN4. The maximum atomic E-state index is 14.1. The molecule has 0 N–H and O–H groups in total. The molecule has 0 amide bonds. The van der Waals surface area contributed by atoms with Crippen LogP contribution in [0.15, 0.2) is 18.3 Å². The van der Waals surface area contributed by atoms with Gasteiger partial charge in [-0.25, -0.2) is 9.97 Å². The molecule has 150 valence electrons. The molecule has 3 aromatic rings. The summed E-state index contributed by atoms with van der Waals surface area (Å²) in [7, 11) is 0. The van der Waals surface area contributed by atoms with E-state index in [1.807, 2.05) is 6.92 Å². The summed E-state index contributed by atoms with van der Waals surface area (Å²) in [5.74, 6) is 0.725. The van der Waals surface area contributed by atoms with E-state index in [-0.39, 0.29) is 0 Å². The van der Waals surface area contributed by atoms with Gasteiger partial charge in [0.2, 0.25) is 0 Å². The van der Waals surface area contributed by atoms with Crippen molar-refractivity contribution in [3.05, 3.63) is 52.1 Å². The average molecular weight is 383 g/mol. The molecule has 0 saturated carbocycles. The van der Waals surface area contributed by atoms with Crippen molar-refractivity contribution in [2.24, 2.45) is 0 Å². The first-order valence-corrected chi connectivity index (χ1v) is 10.2. The van der Waals surface area contributed by atoms with Crippen LogP contribution in [0.2, 0.25) is 0 Å². The lowest BCUT2D eigenvalue weighted by Gasteiger charge is -2.14. The molecule has 1 aromatic carbocycles. The molecule has 0 fully saturated rings. The second-order valence-electron chi connectivity index (χ2n) is 7.86. The molecule has 0 unspecified atom stereocenters. The number of aryl methyl sites for hydroxylation is 5. The Hall–Kier alpha value is -2.27. The topological polar surface area (TPSA) is 34.0 Å². The van der Waals surface area contributed by atoms with Crippen LogP contribution in [0.25, 0.3) is 16.7 Å². The zero-order chi connectivity index (χ0) is 20.4. The lowest BCUT2D eigenvalue weighted by molar-refractivity contribution is 0.0253. The molecule has 0 aliphatic carbocycles. The number of benzene rings is 1. The predicted octanol–water partition coefficient (Wildman–Crippen LogP) is 5.49. The highest BCUT2D eigenvalue weighted by Gasteiger charge is 2.18. The highest BCUT2D eigenvalue weighted by molar-refractivity contribution is 5.85. The Bertz CT molecular complexity index is 967. The van der Waals surface area contributed by atoms with Gasteiger partial charge in [0, 0.05) is 31.1 Å². The summed E-state index contributed by atoms with van der Waals surface area (Å²) < 4.78 is 16.3. The minimum absolute atomic E-state index is 0.360. The number of hydrogen-bond donors (Lipinski definition) is 0. The molecule has 0 aliphatic rings. The fourth-order valence-corrected chi connectivity index (χ4v) is 4.08. The van der Waals surface area contributed by atoms with E-state index in [1.54, 1.807) is 0 Å². The fourth-order valence-electron chi connectivity index (χ4n) is 4.08. The minimum atomic E-state index is 0.360. The minimum Gasteiger partial charge on any atom is -0.300 e. The highest BCUT2D eigenvalue weighted by Crippen LogP contribution is 2.29. The SMILES string of the molecule is CCCCN(F)CCc1nc(C)nc2c1c(C)cn2-c1c(C)cc(C)cc1C. The van der Waals surface area contributed by atoms with Crippen molar-refractivity contribution >= 4 is 11.0 Å². The monoisotopic (exact) mass is 382 g/mol. The van der Waals surface area contributed by atoms with Gasteiger partial charge in [-0.3, -0.25) is 0 Å². The summed E-state index contributed by atoms with van der Waals surface area (Å²) in [6.07, 6.45) is 4.58. The first-order valence-electron chi connectivity index (χ1n) is 10.2. The average Bonchev–Trinajstić information content (AvgIpc) is 2.93. The number of nitrogens with zero attached hydrogens (tertiary/aromatic N) is 4. The molecule has 0 atom stereocenters. The summed E-state index contributed by atoms with van der Waals surface area (Å²) in [5, 5.41) is 1.96. The molecule has 3 rings (SSSR count). The predicted molar refractivity (Wildman–Crippen MR) is 114 cm³/mol. The molecule has 28 heavy (non-hydrogen) atoms. The van der Waals surface area contributed by atoms with Crippen molar-refractivity contribution in [3.8, 4) is 5.69 Å². The summed E-state index contributed by atoms with van der Waals surface area (Å²) >= 11 is 0. The number of halogens is 1. The van der Waals surface area contributed by atoms with E-state index in [4.69, 9.17) is 4.98 Å². The molecule has 2 heterocycles. The van der Waals surface area contributed by atoms with E-state index in [0.717, 1.165) is 46.1 Å². The van der Waals surface area contributed by atoms with Gasteiger partial charge in [0.25, 0.3) is 0 Å². The Kier molecular flexibility index (Phi) is 6.14. The second kappa shape index (κ2) is 8.39. The van der Waals surface area contributed by atoms with Crippen LogP contribution in [-0.4, -0.2) is 32.7 Å². The standard InChI is InChI=1S/C23H31FN4/c1-7-8-10-27(24)11-9-20-21-18(5)14-28(23(21)26-19(6)25-20)22-16(3)12-15(2)13-17(22)4/h12-14H,7-11H2,1-6H3. The van der Waals surface area contributed by atoms with Gasteiger partial charge >= 0.3 is 0 Å². The third-order valence-corrected chi connectivity index (χ3v) is 5.24. The maximum absolute atomic E-state index is 14.1. The molecule has 2 aromatic heterocycles. The van der Waals surface area contributed by atoms with E-state index in [9.17, 15) is 4.48 Å². The van der Waals surface area contributed by atoms with Crippen molar-refractivity contribution in [3.63, 3.8) is 0 Å². The molecule has 0 radical (unpaired) electrons. The van der Waals surface area contributed by atoms with Gasteiger partial charge in [-0.05, 0) is 57.7 Å². The number of aromatic nitrogens is 3. The van der Waals surface area contributed by atoms with E-state index < -0.39 is 0 Å². The number of rotatable bonds is 7. The summed E-state index contributed by atoms with van der Waals surface area (Å²) in [4.78, 5) is 9.42. The van der Waals surface area contributed by atoms with Crippen LogP contribution in [0.1, 0.15) is 53.5 Å². The third kappa shape index (κ3) is 4.09. The molecule has 0 spiro atoms. The Balaban J connectivity index is 2.06. The lowest BCUT2D eigenvalue weighted by Crippen LogP contribution is -2.19. The quantitative estimate of drug-likeness (QED) is 0.507. The van der Waals surface area contributed by atoms with E-state index in [0.29, 0.717) is 19.5 Å². The largest absolute Gasteiger partial charge is 0.300 e. The van der Waals surface area contributed by atoms with Crippen molar-refractivity contribution in [1.82, 2.24) is 19.7 Å². The Morgan fingerprint density at radius 3 is 2.29 bits per heavy atom. The number of hydrogen-bond acceptors (Lipinski definition) is 3. The summed E-state index contributed by atoms with van der Waals surface area (Å²) in [6, 6.07) is 4.40. The number of fused-ring (bicyclic) bond motifs is 1. The van der Waals surface area contributed by atoms with Crippen molar-refractivity contribution in [2.75, 3.05) is 13.1 Å². The third-order valence-electron chi connectivity index (χ3n) is 5.24. The van der Waals surface area contributed by atoms with Crippen LogP contribution in [0.5, 0.6) is 0 Å². The van der Waals surface area contributed by atoms with Crippen LogP contribution < -0.4 is 0 Å².